The zero-order valence-corrected chi connectivity index (χ0v) is 11.3. The highest BCUT2D eigenvalue weighted by Crippen LogP contribution is 2.03. The lowest BCUT2D eigenvalue weighted by Gasteiger charge is -2.27. The van der Waals surface area contributed by atoms with Gasteiger partial charge in [0.1, 0.15) is 0 Å². The second-order valence-electron chi connectivity index (χ2n) is 5.03. The first-order valence-electron chi connectivity index (χ1n) is 6.00. The lowest BCUT2D eigenvalue weighted by molar-refractivity contribution is 0.0335. The van der Waals surface area contributed by atoms with Crippen molar-refractivity contribution in [2.45, 2.75) is 25.6 Å². The highest BCUT2D eigenvalue weighted by atomic mass is 16.3. The summed E-state index contributed by atoms with van der Waals surface area (Å²) in [5, 5.41) is 29.8. The number of nitrogens with zero attached hydrogens (tertiary/aromatic N) is 4. The molecule has 0 spiro atoms. The Hall–Kier alpha value is -1.02. The molecular formula is C11H23N5O2. The van der Waals surface area contributed by atoms with Gasteiger partial charge in [-0.15, -0.1) is 5.10 Å². The monoisotopic (exact) mass is 257 g/mol. The Morgan fingerprint density at radius 2 is 2.22 bits per heavy atom. The van der Waals surface area contributed by atoms with E-state index in [4.69, 9.17) is 5.11 Å². The van der Waals surface area contributed by atoms with Gasteiger partial charge in [-0.2, -0.15) is 0 Å². The van der Waals surface area contributed by atoms with Crippen molar-refractivity contribution in [3.8, 4) is 0 Å². The maximum atomic E-state index is 10.1. The zero-order valence-electron chi connectivity index (χ0n) is 11.3. The molecule has 18 heavy (non-hydrogen) atoms. The van der Waals surface area contributed by atoms with Crippen molar-refractivity contribution < 1.29 is 10.2 Å². The van der Waals surface area contributed by atoms with Gasteiger partial charge in [0.2, 0.25) is 0 Å². The predicted octanol–water partition coefficient (Wildman–Crippen LogP) is -1.33. The summed E-state index contributed by atoms with van der Waals surface area (Å²) in [6, 6.07) is 0. The summed E-state index contributed by atoms with van der Waals surface area (Å²) in [4.78, 5) is 1.94. The molecule has 0 aromatic carbocycles. The molecule has 1 atom stereocenters. The first-order chi connectivity index (χ1) is 8.43. The number of nitrogens with one attached hydrogen (secondary N) is 1. The second kappa shape index (κ2) is 6.79. The van der Waals surface area contributed by atoms with Crippen LogP contribution in [0.3, 0.4) is 0 Å². The summed E-state index contributed by atoms with van der Waals surface area (Å²) in [5.41, 5.74) is 0.0222. The lowest BCUT2D eigenvalue weighted by atomic mass is 10.1. The second-order valence-corrected chi connectivity index (χ2v) is 5.03. The van der Waals surface area contributed by atoms with Crippen molar-refractivity contribution in [2.75, 3.05) is 33.8 Å². The van der Waals surface area contributed by atoms with Crippen LogP contribution in [0.1, 0.15) is 12.6 Å². The van der Waals surface area contributed by atoms with E-state index in [-0.39, 0.29) is 6.61 Å². The van der Waals surface area contributed by atoms with Crippen molar-refractivity contribution in [1.82, 2.24) is 25.2 Å². The van der Waals surface area contributed by atoms with Crippen LogP contribution < -0.4 is 5.32 Å². The number of aliphatic hydroxyl groups is 2. The van der Waals surface area contributed by atoms with E-state index in [1.807, 2.05) is 19.0 Å². The maximum Gasteiger partial charge on any atom is 0.0964 e. The molecule has 1 unspecified atom stereocenters. The maximum absolute atomic E-state index is 10.1. The van der Waals surface area contributed by atoms with Crippen molar-refractivity contribution >= 4 is 0 Å². The zero-order chi connectivity index (χ0) is 13.6. The molecule has 0 amide bonds. The third-order valence-electron chi connectivity index (χ3n) is 2.38. The Kier molecular flexibility index (Phi) is 5.67. The number of hydrogen-bond acceptors (Lipinski definition) is 6. The smallest absolute Gasteiger partial charge is 0.0964 e. The van der Waals surface area contributed by atoms with E-state index in [2.05, 4.69) is 15.6 Å². The molecule has 0 aliphatic carbocycles. The van der Waals surface area contributed by atoms with E-state index < -0.39 is 5.60 Å². The van der Waals surface area contributed by atoms with Crippen LogP contribution in [0.15, 0.2) is 6.20 Å². The van der Waals surface area contributed by atoms with Crippen molar-refractivity contribution in [1.29, 1.82) is 0 Å². The van der Waals surface area contributed by atoms with E-state index in [0.29, 0.717) is 26.2 Å². The van der Waals surface area contributed by atoms with E-state index in [1.165, 1.54) is 0 Å². The van der Waals surface area contributed by atoms with Gasteiger partial charge in [0.15, 0.2) is 0 Å². The van der Waals surface area contributed by atoms with Crippen molar-refractivity contribution in [3.05, 3.63) is 11.9 Å². The highest BCUT2D eigenvalue weighted by Gasteiger charge is 2.20. The van der Waals surface area contributed by atoms with Gasteiger partial charge >= 0.3 is 0 Å². The Morgan fingerprint density at radius 3 is 2.83 bits per heavy atom. The molecule has 0 aliphatic rings. The molecule has 1 aromatic heterocycles. The minimum atomic E-state index is -0.773. The summed E-state index contributed by atoms with van der Waals surface area (Å²) in [6.45, 7) is 3.92. The molecule has 7 nitrogen and oxygen atoms in total. The van der Waals surface area contributed by atoms with Crippen LogP contribution in [0.2, 0.25) is 0 Å². The first kappa shape index (κ1) is 15.0. The number of likely N-dealkylation sites (N-methyl/N-ethyl adjacent to an activating group) is 1. The Morgan fingerprint density at radius 1 is 1.50 bits per heavy atom. The molecule has 0 bridgehead atoms. The van der Waals surface area contributed by atoms with E-state index in [9.17, 15) is 5.11 Å². The number of aliphatic hydroxyl groups excluding tert-OH is 1. The summed E-state index contributed by atoms with van der Waals surface area (Å²) < 4.78 is 1.59. The van der Waals surface area contributed by atoms with Crippen molar-refractivity contribution in [2.24, 2.45) is 0 Å². The van der Waals surface area contributed by atoms with Crippen LogP contribution in [0.5, 0.6) is 0 Å². The van der Waals surface area contributed by atoms with Crippen LogP contribution in [0.25, 0.3) is 0 Å². The minimum Gasteiger partial charge on any atom is -0.394 e. The fourth-order valence-corrected chi connectivity index (χ4v) is 1.83. The number of rotatable bonds is 8. The Bertz CT molecular complexity index is 351. The number of hydrogen-bond donors (Lipinski definition) is 3. The molecule has 7 heteroatoms. The van der Waals surface area contributed by atoms with Crippen LogP contribution >= 0.6 is 0 Å². The summed E-state index contributed by atoms with van der Waals surface area (Å²) >= 11 is 0. The van der Waals surface area contributed by atoms with Gasteiger partial charge in [-0.25, -0.2) is 4.68 Å². The molecule has 0 saturated heterocycles. The van der Waals surface area contributed by atoms with Gasteiger partial charge in [0.25, 0.3) is 0 Å². The first-order valence-corrected chi connectivity index (χ1v) is 6.00. The molecule has 1 aromatic rings. The topological polar surface area (TPSA) is 86.4 Å². The average molecular weight is 257 g/mol. The SMILES string of the molecule is CN(C)CC(C)(O)CNCc1cn(CCO)nn1. The van der Waals surface area contributed by atoms with E-state index in [0.717, 1.165) is 5.69 Å². The van der Waals surface area contributed by atoms with Gasteiger partial charge < -0.3 is 20.4 Å². The molecule has 1 rings (SSSR count). The van der Waals surface area contributed by atoms with Gasteiger partial charge in [-0.1, -0.05) is 5.21 Å². The largest absolute Gasteiger partial charge is 0.394 e. The molecule has 1 heterocycles. The quantitative estimate of drug-likeness (QED) is 0.535. The third-order valence-corrected chi connectivity index (χ3v) is 2.38. The summed E-state index contributed by atoms with van der Waals surface area (Å²) in [7, 11) is 3.85. The molecule has 0 fully saturated rings. The fraction of sp³-hybridized carbons (Fsp3) is 0.818. The number of aromatic nitrogens is 3. The molecular weight excluding hydrogens is 234 g/mol. The van der Waals surface area contributed by atoms with Gasteiger partial charge in [-0.3, -0.25) is 0 Å². The fourth-order valence-electron chi connectivity index (χ4n) is 1.83. The lowest BCUT2D eigenvalue weighted by Crippen LogP contribution is -2.45. The highest BCUT2D eigenvalue weighted by molar-refractivity contribution is 4.92. The van der Waals surface area contributed by atoms with Crippen molar-refractivity contribution in [3.63, 3.8) is 0 Å². The average Bonchev–Trinajstić information content (AvgIpc) is 2.64. The van der Waals surface area contributed by atoms with Crippen LogP contribution in [0, 0.1) is 0 Å². The third kappa shape index (κ3) is 5.54. The summed E-state index contributed by atoms with van der Waals surface area (Å²) in [5.74, 6) is 0. The van der Waals surface area contributed by atoms with Gasteiger partial charge in [0.05, 0.1) is 24.4 Å². The molecule has 0 aliphatic heterocycles. The van der Waals surface area contributed by atoms with Gasteiger partial charge in [0, 0.05) is 25.8 Å². The Balaban J connectivity index is 2.32. The standard InChI is InChI=1S/C11H23N5O2/c1-11(18,9-15(2)3)8-12-6-10-7-16(4-5-17)14-13-10/h7,12,17-18H,4-6,8-9H2,1-3H3. The predicted molar refractivity (Wildman–Crippen MR) is 68.0 cm³/mol. The Labute approximate surface area is 107 Å². The van der Waals surface area contributed by atoms with Gasteiger partial charge in [-0.05, 0) is 21.0 Å². The minimum absolute atomic E-state index is 0.0494. The summed E-state index contributed by atoms with van der Waals surface area (Å²) in [6.07, 6.45) is 1.78. The van der Waals surface area contributed by atoms with E-state index in [1.54, 1.807) is 17.8 Å². The van der Waals surface area contributed by atoms with Crippen LogP contribution in [0.4, 0.5) is 0 Å². The molecule has 104 valence electrons. The normalized spacial score (nSPS) is 15.0. The van der Waals surface area contributed by atoms with Crippen LogP contribution in [-0.2, 0) is 13.1 Å². The molecule has 0 saturated carbocycles. The molecule has 3 N–H and O–H groups in total. The molecule has 0 radical (unpaired) electrons. The van der Waals surface area contributed by atoms with E-state index >= 15 is 0 Å². The van der Waals surface area contributed by atoms with Crippen LogP contribution in [-0.4, -0.2) is 69.5 Å².